The maximum Gasteiger partial charge on any atom is 0.245 e. The van der Waals surface area contributed by atoms with Crippen molar-refractivity contribution in [3.8, 4) is 0 Å². The third-order valence-electron chi connectivity index (χ3n) is 5.20. The Bertz CT molecular complexity index is 430. The molecule has 0 saturated carbocycles. The molecule has 0 aromatic rings. The van der Waals surface area contributed by atoms with Gasteiger partial charge < -0.3 is 9.47 Å². The van der Waals surface area contributed by atoms with Crippen molar-refractivity contribution in [1.82, 2.24) is 5.06 Å². The van der Waals surface area contributed by atoms with Gasteiger partial charge in [-0.1, -0.05) is 12.2 Å². The van der Waals surface area contributed by atoms with Crippen LogP contribution in [-0.2, 0) is 14.3 Å². The molecule has 2 rings (SSSR count). The molecule has 2 saturated heterocycles. The first-order valence-corrected chi connectivity index (χ1v) is 10.7. The van der Waals surface area contributed by atoms with Gasteiger partial charge in [0.15, 0.2) is 0 Å². The zero-order valence-corrected chi connectivity index (χ0v) is 16.4. The molecule has 4 atom stereocenters. The van der Waals surface area contributed by atoms with Crippen LogP contribution in [0.25, 0.3) is 0 Å². The topological polar surface area (TPSA) is 59.0 Å². The highest BCUT2D eigenvalue weighted by atomic mass is 32.2. The second-order valence-electron chi connectivity index (χ2n) is 6.97. The summed E-state index contributed by atoms with van der Waals surface area (Å²) in [6.45, 7) is 3.38. The van der Waals surface area contributed by atoms with Gasteiger partial charge in [0.25, 0.3) is 0 Å². The van der Waals surface area contributed by atoms with Crippen LogP contribution in [0.3, 0.4) is 0 Å². The fraction of sp³-hybridized carbons (Fsp3) is 0.842. The van der Waals surface area contributed by atoms with Gasteiger partial charge in [-0.25, -0.2) is 5.06 Å². The highest BCUT2D eigenvalue weighted by Gasteiger charge is 2.47. The lowest BCUT2D eigenvalue weighted by atomic mass is 9.79. The minimum absolute atomic E-state index is 0.264. The molecule has 6 heteroatoms. The number of hydroxylamine groups is 2. The number of hydrogen-bond donors (Lipinski definition) is 1. The largest absolute Gasteiger partial charge is 0.381 e. The summed E-state index contributed by atoms with van der Waals surface area (Å²) in [4.78, 5) is 11.3. The molecular weight excluding hydrogens is 338 g/mol. The summed E-state index contributed by atoms with van der Waals surface area (Å²) in [7, 11) is 1.36. The number of rotatable bonds is 12. The molecule has 25 heavy (non-hydrogen) atoms. The summed E-state index contributed by atoms with van der Waals surface area (Å²) < 4.78 is 11.9. The number of thioether (sulfide) groups is 1. The number of carbonyl (C=O) groups is 1. The van der Waals surface area contributed by atoms with E-state index in [0.717, 1.165) is 19.4 Å². The Balaban J connectivity index is 1.61. The second kappa shape index (κ2) is 11.2. The first-order chi connectivity index (χ1) is 12.1. The van der Waals surface area contributed by atoms with Crippen molar-refractivity contribution >= 4 is 17.7 Å². The van der Waals surface area contributed by atoms with Crippen molar-refractivity contribution in [2.75, 3.05) is 31.8 Å². The molecule has 0 aliphatic carbocycles. The molecule has 144 valence electrons. The van der Waals surface area contributed by atoms with Crippen molar-refractivity contribution < 1.29 is 19.5 Å². The molecule has 1 amide bonds. The zero-order valence-electron chi connectivity index (χ0n) is 15.6. The molecule has 2 aliphatic heterocycles. The Hall–Kier alpha value is -0.560. The van der Waals surface area contributed by atoms with Crippen LogP contribution in [0.5, 0.6) is 0 Å². The molecule has 0 spiro atoms. The molecule has 0 aromatic carbocycles. The molecule has 2 heterocycles. The molecule has 2 fully saturated rings. The van der Waals surface area contributed by atoms with Gasteiger partial charge >= 0.3 is 0 Å². The minimum atomic E-state index is -0.264. The Morgan fingerprint density at radius 1 is 1.32 bits per heavy atom. The van der Waals surface area contributed by atoms with Gasteiger partial charge in [0.1, 0.15) is 0 Å². The van der Waals surface area contributed by atoms with Gasteiger partial charge in [0.05, 0.1) is 12.2 Å². The van der Waals surface area contributed by atoms with Crippen LogP contribution in [0, 0.1) is 11.8 Å². The van der Waals surface area contributed by atoms with E-state index in [-0.39, 0.29) is 5.91 Å². The maximum absolute atomic E-state index is 11.3. The van der Waals surface area contributed by atoms with Crippen LogP contribution in [-0.4, -0.2) is 60.2 Å². The van der Waals surface area contributed by atoms with Gasteiger partial charge in [-0.15, -0.1) is 0 Å². The standard InChI is InChI=1S/C19H33NO4S/c1-3-4-5-13-25-14-16-15(17-8-9-18(16)24-17)10-12-23-11-6-7-19(21)20(2)22/h3-4,15-18,22H,5-14H2,1-2H3/b4-3+. The van der Waals surface area contributed by atoms with Crippen molar-refractivity contribution in [2.24, 2.45) is 11.8 Å². The van der Waals surface area contributed by atoms with E-state index in [1.165, 1.54) is 31.4 Å². The third-order valence-corrected chi connectivity index (χ3v) is 6.35. The number of hydrogen-bond acceptors (Lipinski definition) is 5. The maximum atomic E-state index is 11.3. The predicted molar refractivity (Wildman–Crippen MR) is 101 cm³/mol. The highest BCUT2D eigenvalue weighted by molar-refractivity contribution is 7.99. The molecule has 5 nitrogen and oxygen atoms in total. The summed E-state index contributed by atoms with van der Waals surface area (Å²) in [5.74, 6) is 3.41. The summed E-state index contributed by atoms with van der Waals surface area (Å²) in [6, 6.07) is 0. The van der Waals surface area contributed by atoms with E-state index >= 15 is 0 Å². The summed E-state index contributed by atoms with van der Waals surface area (Å²) >= 11 is 2.05. The third kappa shape index (κ3) is 6.59. The van der Waals surface area contributed by atoms with E-state index in [2.05, 4.69) is 19.1 Å². The summed E-state index contributed by atoms with van der Waals surface area (Å²) in [5.41, 5.74) is 0. The van der Waals surface area contributed by atoms with Crippen LogP contribution in [0.1, 0.15) is 45.4 Å². The predicted octanol–water partition coefficient (Wildman–Crippen LogP) is 3.51. The van der Waals surface area contributed by atoms with E-state index < -0.39 is 0 Å². The van der Waals surface area contributed by atoms with Gasteiger partial charge in [-0.05, 0) is 62.4 Å². The number of ether oxygens (including phenoxy) is 2. The SMILES string of the molecule is C/C=C/CCSCC1C2CCC(O2)C1CCOCCCC(=O)N(C)O. The summed E-state index contributed by atoms with van der Waals surface area (Å²) in [6.07, 6.45) is 10.8. The van der Waals surface area contributed by atoms with Crippen LogP contribution in [0.15, 0.2) is 12.2 Å². The van der Waals surface area contributed by atoms with Gasteiger partial charge in [0, 0.05) is 26.7 Å². The smallest absolute Gasteiger partial charge is 0.245 e. The van der Waals surface area contributed by atoms with Crippen molar-refractivity contribution in [3.05, 3.63) is 12.2 Å². The van der Waals surface area contributed by atoms with E-state index in [1.54, 1.807) is 0 Å². The normalized spacial score (nSPS) is 28.1. The fourth-order valence-corrected chi connectivity index (χ4v) is 5.05. The van der Waals surface area contributed by atoms with Crippen LogP contribution in [0.4, 0.5) is 0 Å². The first-order valence-electron chi connectivity index (χ1n) is 9.51. The van der Waals surface area contributed by atoms with Crippen molar-refractivity contribution in [3.63, 3.8) is 0 Å². The van der Waals surface area contributed by atoms with Gasteiger partial charge in [-0.3, -0.25) is 10.0 Å². The lowest BCUT2D eigenvalue weighted by Gasteiger charge is -2.27. The first kappa shape index (κ1) is 20.7. The van der Waals surface area contributed by atoms with Crippen LogP contribution >= 0.6 is 11.8 Å². The lowest BCUT2D eigenvalue weighted by Crippen LogP contribution is -2.30. The fourth-order valence-electron chi connectivity index (χ4n) is 3.85. The number of fused-ring (bicyclic) bond motifs is 2. The Morgan fingerprint density at radius 2 is 2.08 bits per heavy atom. The van der Waals surface area contributed by atoms with Crippen molar-refractivity contribution in [2.45, 2.75) is 57.7 Å². The summed E-state index contributed by atoms with van der Waals surface area (Å²) in [5, 5.41) is 9.64. The highest BCUT2D eigenvalue weighted by Crippen LogP contribution is 2.46. The average molecular weight is 372 g/mol. The van der Waals surface area contributed by atoms with Crippen LogP contribution < -0.4 is 0 Å². The van der Waals surface area contributed by atoms with Crippen LogP contribution in [0.2, 0.25) is 0 Å². The number of nitrogens with zero attached hydrogens (tertiary/aromatic N) is 1. The molecule has 1 N–H and O–H groups in total. The van der Waals surface area contributed by atoms with Crippen molar-refractivity contribution in [1.29, 1.82) is 0 Å². The molecule has 2 aliphatic rings. The number of amides is 1. The number of carbonyl (C=O) groups excluding carboxylic acids is 1. The molecule has 0 aromatic heterocycles. The van der Waals surface area contributed by atoms with E-state index in [1.807, 2.05) is 11.8 Å². The molecule has 0 radical (unpaired) electrons. The van der Waals surface area contributed by atoms with Gasteiger partial charge in [-0.2, -0.15) is 11.8 Å². The lowest BCUT2D eigenvalue weighted by molar-refractivity contribution is -0.159. The van der Waals surface area contributed by atoms with E-state index in [9.17, 15) is 4.79 Å². The Labute approximate surface area is 156 Å². The molecule has 2 bridgehead atoms. The van der Waals surface area contributed by atoms with E-state index in [0.29, 0.717) is 48.6 Å². The molecular formula is C19H33NO4S. The Morgan fingerprint density at radius 3 is 2.80 bits per heavy atom. The average Bonchev–Trinajstić information content (AvgIpc) is 3.19. The monoisotopic (exact) mass is 371 g/mol. The zero-order chi connectivity index (χ0) is 18.1. The minimum Gasteiger partial charge on any atom is -0.381 e. The molecule has 4 unspecified atom stereocenters. The van der Waals surface area contributed by atoms with E-state index in [4.69, 9.17) is 14.7 Å². The number of allylic oxidation sites excluding steroid dienone is 2. The Kier molecular flexibility index (Phi) is 9.31. The second-order valence-corrected chi connectivity index (χ2v) is 8.12. The quantitative estimate of drug-likeness (QED) is 0.246. The van der Waals surface area contributed by atoms with Gasteiger partial charge in [0.2, 0.25) is 5.91 Å².